The second-order valence-electron chi connectivity index (χ2n) is 5.37. The first-order chi connectivity index (χ1) is 9.47. The molecule has 1 unspecified atom stereocenters. The van der Waals surface area contributed by atoms with Crippen LogP contribution in [0, 0.1) is 13.8 Å². The number of carbonyl (C=O) groups is 1. The molecule has 106 valence electrons. The Labute approximate surface area is 121 Å². The largest absolute Gasteiger partial charge is 0.397 e. The van der Waals surface area contributed by atoms with Crippen molar-refractivity contribution in [2.75, 3.05) is 18.8 Å². The molecule has 6 heteroatoms. The number of nitrogens with zero attached hydrogens (tertiary/aromatic N) is 2. The Morgan fingerprint density at radius 1 is 1.50 bits per heavy atom. The number of pyridine rings is 1. The van der Waals surface area contributed by atoms with E-state index in [2.05, 4.69) is 4.98 Å². The van der Waals surface area contributed by atoms with E-state index in [1.54, 1.807) is 4.90 Å². The Morgan fingerprint density at radius 2 is 2.25 bits per heavy atom. The van der Waals surface area contributed by atoms with Crippen LogP contribution < -0.4 is 11.5 Å². The van der Waals surface area contributed by atoms with E-state index in [0.29, 0.717) is 23.7 Å². The maximum absolute atomic E-state index is 12.6. The molecule has 0 aromatic carbocycles. The van der Waals surface area contributed by atoms with Crippen molar-refractivity contribution in [1.29, 1.82) is 0 Å². The molecule has 1 saturated heterocycles. The van der Waals surface area contributed by atoms with E-state index in [1.165, 1.54) is 11.3 Å². The van der Waals surface area contributed by atoms with E-state index in [-0.39, 0.29) is 11.9 Å². The molecule has 4 N–H and O–H groups in total. The fourth-order valence-corrected chi connectivity index (χ4v) is 3.99. The predicted octanol–water partition coefficient (Wildman–Crippen LogP) is 1.67. The van der Waals surface area contributed by atoms with Crippen LogP contribution in [0.3, 0.4) is 0 Å². The fraction of sp³-hybridized carbons (Fsp3) is 0.429. The summed E-state index contributed by atoms with van der Waals surface area (Å²) in [5, 5.41) is 0.910. The number of nitrogens with two attached hydrogens (primary N) is 2. The average molecular weight is 290 g/mol. The van der Waals surface area contributed by atoms with Gasteiger partial charge < -0.3 is 16.4 Å². The number of likely N-dealkylation sites (tertiary alicyclic amines) is 1. The zero-order valence-electron chi connectivity index (χ0n) is 11.6. The Balaban J connectivity index is 2.06. The molecule has 0 spiro atoms. The summed E-state index contributed by atoms with van der Waals surface area (Å²) in [5.74, 6) is -0.00583. The van der Waals surface area contributed by atoms with Crippen LogP contribution in [-0.2, 0) is 0 Å². The fourth-order valence-electron chi connectivity index (χ4n) is 2.75. The minimum absolute atomic E-state index is 0.00583. The number of thiophene rings is 1. The van der Waals surface area contributed by atoms with E-state index in [9.17, 15) is 4.79 Å². The van der Waals surface area contributed by atoms with Gasteiger partial charge in [0.15, 0.2) is 0 Å². The Bertz CT molecular complexity index is 694. The smallest absolute Gasteiger partial charge is 0.266 e. The molecule has 1 aliphatic heterocycles. The molecule has 0 saturated carbocycles. The molecule has 3 rings (SSSR count). The molecule has 20 heavy (non-hydrogen) atoms. The normalized spacial score (nSPS) is 18.9. The lowest BCUT2D eigenvalue weighted by atomic mass is 10.2. The van der Waals surface area contributed by atoms with Crippen molar-refractivity contribution in [3.8, 4) is 0 Å². The number of hydrogen-bond donors (Lipinski definition) is 2. The van der Waals surface area contributed by atoms with Gasteiger partial charge in [0, 0.05) is 40.6 Å². The highest BCUT2D eigenvalue weighted by atomic mass is 32.1. The maximum atomic E-state index is 12.6. The molecule has 0 aliphatic carbocycles. The Hall–Kier alpha value is -1.66. The molecule has 1 amide bonds. The number of amides is 1. The summed E-state index contributed by atoms with van der Waals surface area (Å²) in [7, 11) is 0. The van der Waals surface area contributed by atoms with E-state index in [0.717, 1.165) is 27.9 Å². The molecule has 0 bridgehead atoms. The van der Waals surface area contributed by atoms with Gasteiger partial charge in [-0.3, -0.25) is 9.78 Å². The number of anilines is 1. The molecule has 1 aliphatic rings. The van der Waals surface area contributed by atoms with Crippen molar-refractivity contribution in [2.45, 2.75) is 26.3 Å². The van der Waals surface area contributed by atoms with Crippen molar-refractivity contribution in [3.05, 3.63) is 22.3 Å². The van der Waals surface area contributed by atoms with E-state index in [4.69, 9.17) is 11.5 Å². The molecule has 5 nitrogen and oxygen atoms in total. The van der Waals surface area contributed by atoms with E-state index < -0.39 is 0 Å². The Kier molecular flexibility index (Phi) is 3.14. The summed E-state index contributed by atoms with van der Waals surface area (Å²) in [6.07, 6.45) is 0.857. The summed E-state index contributed by atoms with van der Waals surface area (Å²) in [6.45, 7) is 5.20. The van der Waals surface area contributed by atoms with E-state index in [1.807, 2.05) is 19.9 Å². The monoisotopic (exact) mass is 290 g/mol. The van der Waals surface area contributed by atoms with Gasteiger partial charge in [0.05, 0.1) is 5.69 Å². The summed E-state index contributed by atoms with van der Waals surface area (Å²) in [5.41, 5.74) is 14.4. The van der Waals surface area contributed by atoms with Crippen LogP contribution in [0.15, 0.2) is 6.07 Å². The van der Waals surface area contributed by atoms with Crippen LogP contribution in [0.1, 0.15) is 27.5 Å². The van der Waals surface area contributed by atoms with Crippen LogP contribution in [0.4, 0.5) is 5.69 Å². The second-order valence-corrected chi connectivity index (χ2v) is 6.42. The summed E-state index contributed by atoms with van der Waals surface area (Å²) < 4.78 is 1.03. The lowest BCUT2D eigenvalue weighted by Gasteiger charge is -2.14. The molecule has 2 aromatic heterocycles. The van der Waals surface area contributed by atoms with Crippen LogP contribution in [0.5, 0.6) is 0 Å². The first kappa shape index (κ1) is 13.3. The molecule has 1 fully saturated rings. The molecular weight excluding hydrogens is 272 g/mol. The molecule has 1 atom stereocenters. The maximum Gasteiger partial charge on any atom is 0.266 e. The Morgan fingerprint density at radius 3 is 2.90 bits per heavy atom. The standard InChI is InChI=1S/C14H18N4OS/c1-7-5-10-11(8(2)17-7)12(16)13(20-10)14(19)18-4-3-9(15)6-18/h5,9H,3-4,6,15-16H2,1-2H3. The average Bonchev–Trinajstić information content (AvgIpc) is 2.93. The minimum atomic E-state index is -0.00583. The van der Waals surface area contributed by atoms with Gasteiger partial charge in [-0.25, -0.2) is 0 Å². The SMILES string of the molecule is Cc1cc2sc(C(=O)N3CCC(N)C3)c(N)c2c(C)n1. The summed E-state index contributed by atoms with van der Waals surface area (Å²) in [4.78, 5) is 19.4. The van der Waals surface area contributed by atoms with Crippen LogP contribution in [0.2, 0.25) is 0 Å². The van der Waals surface area contributed by atoms with Crippen LogP contribution >= 0.6 is 11.3 Å². The lowest BCUT2D eigenvalue weighted by Crippen LogP contribution is -2.31. The number of carbonyl (C=O) groups excluding carboxylic acids is 1. The van der Waals surface area contributed by atoms with Crippen molar-refractivity contribution >= 4 is 33.0 Å². The van der Waals surface area contributed by atoms with Crippen molar-refractivity contribution in [2.24, 2.45) is 5.73 Å². The van der Waals surface area contributed by atoms with Crippen LogP contribution in [-0.4, -0.2) is 34.9 Å². The van der Waals surface area contributed by atoms with Gasteiger partial charge in [-0.1, -0.05) is 0 Å². The highest BCUT2D eigenvalue weighted by molar-refractivity contribution is 7.21. The van der Waals surface area contributed by atoms with Crippen molar-refractivity contribution in [1.82, 2.24) is 9.88 Å². The second kappa shape index (κ2) is 4.71. The third-order valence-electron chi connectivity index (χ3n) is 3.72. The number of hydrogen-bond acceptors (Lipinski definition) is 5. The zero-order valence-corrected chi connectivity index (χ0v) is 12.5. The summed E-state index contributed by atoms with van der Waals surface area (Å²) in [6, 6.07) is 2.07. The van der Waals surface area contributed by atoms with E-state index >= 15 is 0 Å². The van der Waals surface area contributed by atoms with Crippen LogP contribution in [0.25, 0.3) is 10.1 Å². The summed E-state index contributed by atoms with van der Waals surface area (Å²) >= 11 is 1.45. The van der Waals surface area contributed by atoms with Gasteiger partial charge in [0.1, 0.15) is 4.88 Å². The van der Waals surface area contributed by atoms with Gasteiger partial charge in [-0.15, -0.1) is 11.3 Å². The predicted molar refractivity (Wildman–Crippen MR) is 82.0 cm³/mol. The number of rotatable bonds is 1. The zero-order chi connectivity index (χ0) is 14.4. The highest BCUT2D eigenvalue weighted by Gasteiger charge is 2.28. The minimum Gasteiger partial charge on any atom is -0.397 e. The van der Waals surface area contributed by atoms with Crippen molar-refractivity contribution in [3.63, 3.8) is 0 Å². The van der Waals surface area contributed by atoms with Crippen molar-refractivity contribution < 1.29 is 4.79 Å². The molecule has 3 heterocycles. The first-order valence-electron chi connectivity index (χ1n) is 6.68. The molecule has 2 aromatic rings. The van der Waals surface area contributed by atoms with Gasteiger partial charge in [0.2, 0.25) is 0 Å². The number of fused-ring (bicyclic) bond motifs is 1. The topological polar surface area (TPSA) is 85.2 Å². The first-order valence-corrected chi connectivity index (χ1v) is 7.50. The number of aryl methyl sites for hydroxylation is 2. The number of nitrogen functional groups attached to an aromatic ring is 1. The molecular formula is C14H18N4OS. The lowest BCUT2D eigenvalue weighted by molar-refractivity contribution is 0.0796. The molecule has 0 radical (unpaired) electrons. The number of aromatic nitrogens is 1. The van der Waals surface area contributed by atoms with Gasteiger partial charge in [-0.05, 0) is 26.3 Å². The third kappa shape index (κ3) is 2.05. The van der Waals surface area contributed by atoms with Gasteiger partial charge in [0.25, 0.3) is 5.91 Å². The highest BCUT2D eigenvalue weighted by Crippen LogP contribution is 2.36. The van der Waals surface area contributed by atoms with Gasteiger partial charge in [-0.2, -0.15) is 0 Å². The quantitative estimate of drug-likeness (QED) is 0.836. The van der Waals surface area contributed by atoms with Gasteiger partial charge >= 0.3 is 0 Å². The third-order valence-corrected chi connectivity index (χ3v) is 4.86.